The maximum Gasteiger partial charge on any atom is 0.190 e. The van der Waals surface area contributed by atoms with Gasteiger partial charge in [0, 0.05) is 23.9 Å². The molecule has 5 heteroatoms. The van der Waals surface area contributed by atoms with Gasteiger partial charge in [0.15, 0.2) is 11.6 Å². The van der Waals surface area contributed by atoms with Crippen molar-refractivity contribution < 1.29 is 19.1 Å². The van der Waals surface area contributed by atoms with Crippen LogP contribution >= 0.6 is 0 Å². The molecule has 0 aliphatic heterocycles. The van der Waals surface area contributed by atoms with Gasteiger partial charge in [0.1, 0.15) is 11.5 Å². The van der Waals surface area contributed by atoms with E-state index < -0.39 is 0 Å². The van der Waals surface area contributed by atoms with E-state index in [0.717, 1.165) is 0 Å². The van der Waals surface area contributed by atoms with Crippen LogP contribution in [-0.2, 0) is 0 Å². The molecule has 1 N–H and O–H groups in total. The lowest BCUT2D eigenvalue weighted by Crippen LogP contribution is -2.18. The van der Waals surface area contributed by atoms with E-state index in [1.807, 2.05) is 18.2 Å². The second-order valence-corrected chi connectivity index (χ2v) is 4.93. The second-order valence-electron chi connectivity index (χ2n) is 4.93. The Morgan fingerprint density at radius 3 is 2.46 bits per heavy atom. The lowest BCUT2D eigenvalue weighted by molar-refractivity contribution is 0.0991. The van der Waals surface area contributed by atoms with Gasteiger partial charge in [-0.25, -0.2) is 0 Å². The van der Waals surface area contributed by atoms with Crippen LogP contribution in [0.4, 0.5) is 0 Å². The van der Waals surface area contributed by atoms with Gasteiger partial charge in [0.05, 0.1) is 26.3 Å². The summed E-state index contributed by atoms with van der Waals surface area (Å²) in [4.78, 5) is 24.1. The number of rotatable bonds is 8. The number of hydrogen-bond acceptors (Lipinski definition) is 5. The Labute approximate surface area is 140 Å². The van der Waals surface area contributed by atoms with Crippen molar-refractivity contribution in [2.24, 2.45) is 0 Å². The predicted octanol–water partition coefficient (Wildman–Crippen LogP) is 2.87. The smallest absolute Gasteiger partial charge is 0.190 e. The minimum atomic E-state index is -0.228. The minimum absolute atomic E-state index is 0.0465. The SMILES string of the molecule is COc1ccc(C(=O)/C=C\NCC(=O)c2ccccc2)c(OC)c1. The first kappa shape index (κ1) is 17.3. The zero-order valence-electron chi connectivity index (χ0n) is 13.6. The summed E-state index contributed by atoms with van der Waals surface area (Å²) in [6.45, 7) is 0.119. The van der Waals surface area contributed by atoms with Crippen molar-refractivity contribution in [3.63, 3.8) is 0 Å². The number of ketones is 2. The number of benzene rings is 2. The Hall–Kier alpha value is -3.08. The van der Waals surface area contributed by atoms with Crippen molar-refractivity contribution in [3.05, 3.63) is 71.9 Å². The first-order valence-corrected chi connectivity index (χ1v) is 7.40. The van der Waals surface area contributed by atoms with Gasteiger partial charge in [-0.2, -0.15) is 0 Å². The average Bonchev–Trinajstić information content (AvgIpc) is 2.64. The molecule has 0 spiro atoms. The first-order valence-electron chi connectivity index (χ1n) is 7.40. The number of allylic oxidation sites excluding steroid dienone is 1. The Balaban J connectivity index is 1.95. The topological polar surface area (TPSA) is 64.6 Å². The van der Waals surface area contributed by atoms with Crippen molar-refractivity contribution in [2.75, 3.05) is 20.8 Å². The number of hydrogen-bond donors (Lipinski definition) is 1. The monoisotopic (exact) mass is 325 g/mol. The van der Waals surface area contributed by atoms with Gasteiger partial charge in [0.25, 0.3) is 0 Å². The van der Waals surface area contributed by atoms with Crippen molar-refractivity contribution in [2.45, 2.75) is 0 Å². The molecule has 0 aliphatic carbocycles. The van der Waals surface area contributed by atoms with Gasteiger partial charge in [-0.15, -0.1) is 0 Å². The highest BCUT2D eigenvalue weighted by molar-refractivity contribution is 6.06. The molecule has 0 radical (unpaired) electrons. The maximum absolute atomic E-state index is 12.2. The fourth-order valence-corrected chi connectivity index (χ4v) is 2.10. The molecular formula is C19H19NO4. The average molecular weight is 325 g/mol. The van der Waals surface area contributed by atoms with Crippen LogP contribution in [0.1, 0.15) is 20.7 Å². The Morgan fingerprint density at radius 1 is 1.04 bits per heavy atom. The predicted molar refractivity (Wildman–Crippen MR) is 91.8 cm³/mol. The molecule has 0 unspecified atom stereocenters. The van der Waals surface area contributed by atoms with Crippen LogP contribution < -0.4 is 14.8 Å². The van der Waals surface area contributed by atoms with Gasteiger partial charge >= 0.3 is 0 Å². The summed E-state index contributed by atoms with van der Waals surface area (Å²) in [5.74, 6) is 0.771. The Morgan fingerprint density at radius 2 is 1.79 bits per heavy atom. The second kappa shape index (κ2) is 8.53. The summed E-state index contributed by atoms with van der Waals surface area (Å²) in [7, 11) is 3.04. The number of Topliss-reactive ketones (excluding diaryl/α,β-unsaturated/α-hetero) is 1. The quantitative estimate of drug-likeness (QED) is 0.597. The van der Waals surface area contributed by atoms with E-state index in [9.17, 15) is 9.59 Å². The molecular weight excluding hydrogens is 306 g/mol. The van der Waals surface area contributed by atoms with Gasteiger partial charge in [-0.05, 0) is 12.1 Å². The van der Waals surface area contributed by atoms with E-state index in [4.69, 9.17) is 9.47 Å². The lowest BCUT2D eigenvalue weighted by Gasteiger charge is -2.08. The lowest BCUT2D eigenvalue weighted by atomic mass is 10.1. The molecule has 5 nitrogen and oxygen atoms in total. The standard InChI is InChI=1S/C19H19NO4/c1-23-15-8-9-16(19(12-15)24-2)17(21)10-11-20-13-18(22)14-6-4-3-5-7-14/h3-12,20H,13H2,1-2H3/b11-10-. The molecule has 2 rings (SSSR count). The number of methoxy groups -OCH3 is 2. The number of ether oxygens (including phenoxy) is 2. The summed E-state index contributed by atoms with van der Waals surface area (Å²) in [6, 6.07) is 13.9. The molecule has 0 fully saturated rings. The zero-order chi connectivity index (χ0) is 17.4. The van der Waals surface area contributed by atoms with Crippen LogP contribution in [0.15, 0.2) is 60.8 Å². The van der Waals surface area contributed by atoms with E-state index in [1.54, 1.807) is 37.4 Å². The number of nitrogens with one attached hydrogen (secondary N) is 1. The summed E-state index contributed by atoms with van der Waals surface area (Å²) >= 11 is 0. The van der Waals surface area contributed by atoms with Gasteiger partial charge in [-0.3, -0.25) is 9.59 Å². The molecule has 0 bridgehead atoms. The molecule has 124 valence electrons. The summed E-state index contributed by atoms with van der Waals surface area (Å²) in [5.41, 5.74) is 1.05. The third kappa shape index (κ3) is 4.46. The highest BCUT2D eigenvalue weighted by Gasteiger charge is 2.10. The molecule has 0 amide bonds. The van der Waals surface area contributed by atoms with E-state index in [-0.39, 0.29) is 18.1 Å². The van der Waals surface area contributed by atoms with Crippen LogP contribution in [0.2, 0.25) is 0 Å². The Bertz CT molecular complexity index is 738. The third-order valence-electron chi connectivity index (χ3n) is 3.39. The van der Waals surface area contributed by atoms with Crippen molar-refractivity contribution in [1.82, 2.24) is 5.32 Å². The molecule has 0 heterocycles. The van der Waals surface area contributed by atoms with Gasteiger partial charge < -0.3 is 14.8 Å². The zero-order valence-corrected chi connectivity index (χ0v) is 13.6. The molecule has 0 aromatic heterocycles. The van der Waals surface area contributed by atoms with Crippen molar-refractivity contribution in [1.29, 1.82) is 0 Å². The molecule has 0 saturated carbocycles. The van der Waals surface area contributed by atoms with E-state index in [1.165, 1.54) is 19.4 Å². The number of carbonyl (C=O) groups excluding carboxylic acids is 2. The maximum atomic E-state index is 12.2. The largest absolute Gasteiger partial charge is 0.497 e. The summed E-state index contributed by atoms with van der Waals surface area (Å²) < 4.78 is 10.3. The fraction of sp³-hybridized carbons (Fsp3) is 0.158. The number of carbonyl (C=O) groups is 2. The van der Waals surface area contributed by atoms with Crippen LogP contribution in [0.25, 0.3) is 0 Å². The third-order valence-corrected chi connectivity index (χ3v) is 3.39. The van der Waals surface area contributed by atoms with E-state index >= 15 is 0 Å². The molecule has 0 aliphatic rings. The Kier molecular flexibility index (Phi) is 6.14. The van der Waals surface area contributed by atoms with Crippen molar-refractivity contribution >= 4 is 11.6 Å². The first-order chi connectivity index (χ1) is 11.7. The molecule has 0 saturated heterocycles. The fourth-order valence-electron chi connectivity index (χ4n) is 2.10. The normalized spacial score (nSPS) is 10.4. The van der Waals surface area contributed by atoms with Crippen LogP contribution in [0.3, 0.4) is 0 Å². The van der Waals surface area contributed by atoms with Crippen LogP contribution in [0.5, 0.6) is 11.5 Å². The van der Waals surface area contributed by atoms with E-state index in [2.05, 4.69) is 5.32 Å². The van der Waals surface area contributed by atoms with Crippen molar-refractivity contribution in [3.8, 4) is 11.5 Å². The highest BCUT2D eigenvalue weighted by Crippen LogP contribution is 2.25. The highest BCUT2D eigenvalue weighted by atomic mass is 16.5. The van der Waals surface area contributed by atoms with Gasteiger partial charge in [0.2, 0.25) is 0 Å². The van der Waals surface area contributed by atoms with Gasteiger partial charge in [-0.1, -0.05) is 30.3 Å². The van der Waals surface area contributed by atoms with Crippen LogP contribution in [-0.4, -0.2) is 32.3 Å². The molecule has 0 atom stereocenters. The van der Waals surface area contributed by atoms with E-state index in [0.29, 0.717) is 22.6 Å². The molecule has 24 heavy (non-hydrogen) atoms. The molecule has 2 aromatic rings. The summed E-state index contributed by atoms with van der Waals surface area (Å²) in [6.07, 6.45) is 2.83. The molecule has 2 aromatic carbocycles. The summed E-state index contributed by atoms with van der Waals surface area (Å²) in [5, 5.41) is 2.83. The van der Waals surface area contributed by atoms with Crippen LogP contribution in [0, 0.1) is 0 Å². The minimum Gasteiger partial charge on any atom is -0.497 e.